The first-order valence-electron chi connectivity index (χ1n) is 20.8. The van der Waals surface area contributed by atoms with Crippen molar-refractivity contribution in [3.8, 4) is 0 Å². The predicted octanol–water partition coefficient (Wildman–Crippen LogP) is 8.31. The van der Waals surface area contributed by atoms with Gasteiger partial charge < -0.3 is 30.4 Å². The van der Waals surface area contributed by atoms with Gasteiger partial charge in [-0.05, 0) is 141 Å². The van der Waals surface area contributed by atoms with Gasteiger partial charge in [-0.2, -0.15) is 35.3 Å². The molecule has 0 amide bonds. The summed E-state index contributed by atoms with van der Waals surface area (Å²) in [7, 11) is 1.51. The van der Waals surface area contributed by atoms with E-state index < -0.39 is 0 Å². The summed E-state index contributed by atoms with van der Waals surface area (Å²) < 4.78 is 25.9. The Hall–Kier alpha value is 0.320. The highest BCUT2D eigenvalue weighted by molar-refractivity contribution is 7.99. The van der Waals surface area contributed by atoms with Crippen molar-refractivity contribution in [3.05, 3.63) is 0 Å². The van der Waals surface area contributed by atoms with Crippen LogP contribution in [0.5, 0.6) is 0 Å². The van der Waals surface area contributed by atoms with E-state index in [4.69, 9.17) is 30.4 Å². The summed E-state index contributed by atoms with van der Waals surface area (Å²) in [4.78, 5) is 12.2. The normalized spacial score (nSPS) is 35.2. The van der Waals surface area contributed by atoms with Crippen LogP contribution in [0.3, 0.4) is 0 Å². The maximum absolute atomic E-state index is 12.2. The summed E-state index contributed by atoms with van der Waals surface area (Å²) in [6.07, 6.45) is 15.2. The third-order valence-electron chi connectivity index (χ3n) is 13.7. The molecule has 0 aromatic heterocycles. The fourth-order valence-corrected chi connectivity index (χ4v) is 13.3. The Morgan fingerprint density at radius 1 is 0.804 bits per heavy atom. The molecule has 0 aromatic rings. The molecule has 11 atom stereocenters. The number of nitrogens with two attached hydrogens (primary N) is 2. The number of rotatable bonds is 25. The Labute approximate surface area is 325 Å². The lowest BCUT2D eigenvalue weighted by atomic mass is 9.43. The van der Waals surface area contributed by atoms with Gasteiger partial charge in [-0.25, -0.2) is 0 Å². The minimum atomic E-state index is -0.0880. The fourth-order valence-electron chi connectivity index (χ4n) is 11.1. The fraction of sp³-hybridized carbons (Fsp3) is 0.976. The zero-order chi connectivity index (χ0) is 36.7. The summed E-state index contributed by atoms with van der Waals surface area (Å²) in [5.41, 5.74) is 11.8. The zero-order valence-electron chi connectivity index (χ0n) is 33.1. The molecule has 0 aromatic carbocycles. The van der Waals surface area contributed by atoms with Crippen molar-refractivity contribution in [2.45, 2.75) is 129 Å². The minimum Gasteiger partial charge on any atom is -0.469 e. The Morgan fingerprint density at radius 2 is 1.45 bits per heavy atom. The quantitative estimate of drug-likeness (QED) is 0.0696. The molecule has 4 aliphatic rings. The molecular formula is C41H76N2O5S3. The third kappa shape index (κ3) is 11.7. The first-order chi connectivity index (χ1) is 24.7. The van der Waals surface area contributed by atoms with Crippen LogP contribution in [0, 0.1) is 46.3 Å². The number of hydrogen-bond donors (Lipinski definition) is 2. The molecule has 4 rings (SSSR count). The van der Waals surface area contributed by atoms with Crippen molar-refractivity contribution >= 4 is 41.3 Å². The first kappa shape index (κ1) is 44.0. The maximum atomic E-state index is 12.2. The molecule has 0 heterocycles. The second-order valence-electron chi connectivity index (χ2n) is 16.6. The lowest BCUT2D eigenvalue weighted by Gasteiger charge is -2.65. The molecule has 51 heavy (non-hydrogen) atoms. The van der Waals surface area contributed by atoms with E-state index in [-0.39, 0.29) is 22.9 Å². The average Bonchev–Trinajstić information content (AvgIpc) is 3.49. The van der Waals surface area contributed by atoms with Crippen molar-refractivity contribution < 1.29 is 23.7 Å². The molecule has 4 aliphatic carbocycles. The van der Waals surface area contributed by atoms with Crippen LogP contribution in [0.25, 0.3) is 0 Å². The molecule has 0 radical (unpaired) electrons. The van der Waals surface area contributed by atoms with E-state index in [2.05, 4.69) is 39.5 Å². The first-order valence-corrected chi connectivity index (χ1v) is 24.3. The average molecular weight is 773 g/mol. The van der Waals surface area contributed by atoms with Crippen LogP contribution < -0.4 is 11.5 Å². The summed E-state index contributed by atoms with van der Waals surface area (Å²) in [5, 5.41) is 0. The van der Waals surface area contributed by atoms with Gasteiger partial charge in [-0.15, -0.1) is 0 Å². The van der Waals surface area contributed by atoms with Crippen molar-refractivity contribution in [1.29, 1.82) is 0 Å². The van der Waals surface area contributed by atoms with Gasteiger partial charge in [0.2, 0.25) is 0 Å². The minimum absolute atomic E-state index is 0.0745. The van der Waals surface area contributed by atoms with Crippen molar-refractivity contribution in [3.63, 3.8) is 0 Å². The highest BCUT2D eigenvalue weighted by atomic mass is 32.2. The molecule has 6 unspecified atom stereocenters. The Kier molecular flexibility index (Phi) is 19.7. The van der Waals surface area contributed by atoms with Gasteiger partial charge in [0.15, 0.2) is 0 Å². The van der Waals surface area contributed by atoms with Crippen LogP contribution in [0.1, 0.15) is 111 Å². The van der Waals surface area contributed by atoms with E-state index in [1.165, 1.54) is 63.6 Å². The van der Waals surface area contributed by atoms with Gasteiger partial charge in [-0.3, -0.25) is 4.79 Å². The van der Waals surface area contributed by atoms with Crippen LogP contribution in [-0.4, -0.2) is 98.8 Å². The summed E-state index contributed by atoms with van der Waals surface area (Å²) in [6, 6.07) is 0. The lowest BCUT2D eigenvalue weighted by Crippen LogP contribution is -2.63. The topological polar surface area (TPSA) is 106 Å². The number of ether oxygens (including phenoxy) is 4. The highest BCUT2D eigenvalue weighted by Gasteiger charge is 2.66. The number of methoxy groups -OCH3 is 1. The number of fused-ring (bicyclic) bond motifs is 5. The molecule has 4 saturated carbocycles. The Balaban J connectivity index is 1.56. The van der Waals surface area contributed by atoms with Crippen LogP contribution in [0.4, 0.5) is 0 Å². The summed E-state index contributed by atoms with van der Waals surface area (Å²) in [6.45, 7) is 14.0. The van der Waals surface area contributed by atoms with Gasteiger partial charge in [0.25, 0.3) is 0 Å². The predicted molar refractivity (Wildman–Crippen MR) is 220 cm³/mol. The Bertz CT molecular complexity index is 997. The van der Waals surface area contributed by atoms with E-state index >= 15 is 0 Å². The van der Waals surface area contributed by atoms with Gasteiger partial charge in [0.05, 0.1) is 25.4 Å². The Morgan fingerprint density at radius 3 is 2.10 bits per heavy atom. The van der Waals surface area contributed by atoms with Crippen molar-refractivity contribution in [1.82, 2.24) is 0 Å². The number of hydrogen-bond acceptors (Lipinski definition) is 10. The molecule has 4 fully saturated rings. The van der Waals surface area contributed by atoms with E-state index in [0.29, 0.717) is 54.1 Å². The van der Waals surface area contributed by atoms with E-state index in [0.717, 1.165) is 88.0 Å². The van der Waals surface area contributed by atoms with Gasteiger partial charge in [-0.1, -0.05) is 27.7 Å². The number of carbonyl (C=O) groups is 1. The van der Waals surface area contributed by atoms with E-state index in [1.54, 1.807) is 0 Å². The molecule has 0 bridgehead atoms. The molecule has 10 heteroatoms. The lowest BCUT2D eigenvalue weighted by molar-refractivity contribution is -0.227. The van der Waals surface area contributed by atoms with Crippen molar-refractivity contribution in [2.24, 2.45) is 57.8 Å². The summed E-state index contributed by atoms with van der Waals surface area (Å²) in [5.74, 6) is 9.99. The van der Waals surface area contributed by atoms with E-state index in [9.17, 15) is 4.79 Å². The molecule has 4 N–H and O–H groups in total. The smallest absolute Gasteiger partial charge is 0.305 e. The maximum Gasteiger partial charge on any atom is 0.305 e. The van der Waals surface area contributed by atoms with Gasteiger partial charge >= 0.3 is 5.97 Å². The SMILES string of the molecule is CCCSCCCO[C@@H]1CC2C[C@H](OCCCSCCN)CC[C@]2(C)C2C[C@H](OCCCSCCN)[C@]3(C)C(C(C)CCC(=O)OC)CCC3C21. The number of carbonyl (C=O) groups excluding carboxylic acids is 1. The van der Waals surface area contributed by atoms with Crippen LogP contribution in [-0.2, 0) is 23.7 Å². The van der Waals surface area contributed by atoms with Crippen molar-refractivity contribution in [2.75, 3.05) is 74.5 Å². The second-order valence-corrected chi connectivity index (χ2v) is 20.3. The van der Waals surface area contributed by atoms with Crippen LogP contribution >= 0.6 is 35.3 Å². The largest absolute Gasteiger partial charge is 0.469 e. The van der Waals surface area contributed by atoms with Gasteiger partial charge in [0.1, 0.15) is 0 Å². The second kappa shape index (κ2) is 22.8. The van der Waals surface area contributed by atoms with E-state index in [1.807, 2.05) is 23.5 Å². The number of esters is 1. The molecule has 7 nitrogen and oxygen atoms in total. The highest BCUT2D eigenvalue weighted by Crippen LogP contribution is 2.69. The summed E-state index contributed by atoms with van der Waals surface area (Å²) >= 11 is 5.97. The molecule has 0 aliphatic heterocycles. The standard InChI is InChI=1S/C41H76N2O5S3/c1-6-21-49-22-8-19-47-36-28-31-27-32(46-18-7-23-50-25-16-42)14-15-40(31,3)35-29-37(48-20-9-24-51-26-17-43)41(4)33(11-12-34(41)39(35)36)30(2)10-13-38(44)45-5/h30-37,39H,6-29,42-43H2,1-5H3/t30?,31?,32-,33?,34?,35?,36-,37+,39?,40+,41-/m1/s1. The molecule has 0 saturated heterocycles. The number of thioether (sulfide) groups is 3. The molecular weight excluding hydrogens is 697 g/mol. The molecule has 0 spiro atoms. The monoisotopic (exact) mass is 772 g/mol. The van der Waals surface area contributed by atoms with Gasteiger partial charge in [0, 0.05) is 56.3 Å². The zero-order valence-corrected chi connectivity index (χ0v) is 35.5. The third-order valence-corrected chi connectivity index (χ3v) is 17.1. The van der Waals surface area contributed by atoms with Crippen LogP contribution in [0.15, 0.2) is 0 Å². The molecule has 298 valence electrons. The van der Waals surface area contributed by atoms with Crippen LogP contribution in [0.2, 0.25) is 0 Å².